The quantitative estimate of drug-likeness (QED) is 0.747. The number of nitrogens with one attached hydrogen (secondary N) is 1. The molecule has 0 spiro atoms. The molecule has 1 N–H and O–H groups in total. The van der Waals surface area contributed by atoms with Gasteiger partial charge in [0.25, 0.3) is 5.91 Å². The van der Waals surface area contributed by atoms with Gasteiger partial charge in [-0.15, -0.1) is 0 Å². The number of rotatable bonds is 8. The van der Waals surface area contributed by atoms with Crippen LogP contribution in [-0.2, 0) is 9.53 Å². The molecule has 0 saturated heterocycles. The molecule has 2 aromatic carbocycles. The summed E-state index contributed by atoms with van der Waals surface area (Å²) in [7, 11) is 1.56. The van der Waals surface area contributed by atoms with Crippen molar-refractivity contribution in [1.82, 2.24) is 5.32 Å². The van der Waals surface area contributed by atoms with Crippen LogP contribution in [0.1, 0.15) is 22.8 Å². The maximum absolute atomic E-state index is 12.9. The van der Waals surface area contributed by atoms with E-state index >= 15 is 0 Å². The van der Waals surface area contributed by atoms with Crippen molar-refractivity contribution in [3.8, 4) is 5.75 Å². The largest absolute Gasteiger partial charge is 0.484 e. The molecule has 0 aromatic heterocycles. The molecule has 1 amide bonds. The van der Waals surface area contributed by atoms with Crippen LogP contribution in [0.15, 0.2) is 48.5 Å². The minimum absolute atomic E-state index is 0.100. The van der Waals surface area contributed by atoms with E-state index in [0.29, 0.717) is 23.5 Å². The third-order valence-corrected chi connectivity index (χ3v) is 3.42. The fourth-order valence-electron chi connectivity index (χ4n) is 2.23. The molecule has 5 nitrogen and oxygen atoms in total. The second kappa shape index (κ2) is 8.94. The van der Waals surface area contributed by atoms with Crippen molar-refractivity contribution in [2.24, 2.45) is 0 Å². The van der Waals surface area contributed by atoms with E-state index in [-0.39, 0.29) is 24.3 Å². The number of amides is 1. The number of hydrogen-bond acceptors (Lipinski definition) is 4. The molecular weight excluding hydrogens is 325 g/mol. The highest BCUT2D eigenvalue weighted by atomic mass is 19.1. The Labute approximate surface area is 145 Å². The highest BCUT2D eigenvalue weighted by Gasteiger charge is 2.10. The molecule has 0 bridgehead atoms. The monoisotopic (exact) mass is 345 g/mol. The van der Waals surface area contributed by atoms with Gasteiger partial charge in [0.15, 0.2) is 12.4 Å². The Morgan fingerprint density at radius 3 is 2.16 bits per heavy atom. The second-order valence-electron chi connectivity index (χ2n) is 5.57. The molecule has 132 valence electrons. The number of carbonyl (C=O) groups is 2. The lowest BCUT2D eigenvalue weighted by Gasteiger charge is -2.13. The van der Waals surface area contributed by atoms with E-state index < -0.39 is 5.82 Å². The second-order valence-corrected chi connectivity index (χ2v) is 5.57. The summed E-state index contributed by atoms with van der Waals surface area (Å²) in [5.74, 6) is -0.378. The van der Waals surface area contributed by atoms with Gasteiger partial charge in [-0.25, -0.2) is 4.39 Å². The van der Waals surface area contributed by atoms with E-state index in [4.69, 9.17) is 9.47 Å². The van der Waals surface area contributed by atoms with Crippen LogP contribution >= 0.6 is 0 Å². The summed E-state index contributed by atoms with van der Waals surface area (Å²) in [6.07, 6.45) is 0. The summed E-state index contributed by atoms with van der Waals surface area (Å²) in [6, 6.07) is 11.7. The lowest BCUT2D eigenvalue weighted by Crippen LogP contribution is -2.38. The van der Waals surface area contributed by atoms with E-state index in [1.54, 1.807) is 31.4 Å². The first kappa shape index (κ1) is 18.6. The van der Waals surface area contributed by atoms with Crippen LogP contribution in [-0.4, -0.2) is 38.1 Å². The third-order valence-electron chi connectivity index (χ3n) is 3.42. The molecule has 2 aromatic rings. The molecule has 0 aliphatic heterocycles. The summed E-state index contributed by atoms with van der Waals surface area (Å²) in [6.45, 7) is 2.13. The van der Waals surface area contributed by atoms with E-state index in [1.807, 2.05) is 6.92 Å². The molecule has 0 radical (unpaired) electrons. The maximum Gasteiger partial charge on any atom is 0.258 e. The number of carbonyl (C=O) groups excluding carboxylic acids is 2. The highest BCUT2D eigenvalue weighted by molar-refractivity contribution is 6.09. The molecule has 0 aliphatic carbocycles. The van der Waals surface area contributed by atoms with Crippen molar-refractivity contribution in [2.45, 2.75) is 13.0 Å². The number of benzene rings is 2. The average molecular weight is 345 g/mol. The zero-order chi connectivity index (χ0) is 18.2. The smallest absolute Gasteiger partial charge is 0.258 e. The molecule has 0 heterocycles. The lowest BCUT2D eigenvalue weighted by atomic mass is 10.0. The first-order valence-electron chi connectivity index (χ1n) is 7.81. The molecule has 0 aliphatic rings. The van der Waals surface area contributed by atoms with Gasteiger partial charge in [-0.05, 0) is 55.5 Å². The van der Waals surface area contributed by atoms with Gasteiger partial charge in [0.05, 0.1) is 6.61 Å². The molecule has 0 fully saturated rings. The summed E-state index contributed by atoms with van der Waals surface area (Å²) in [5, 5.41) is 2.73. The topological polar surface area (TPSA) is 64.6 Å². The molecule has 0 saturated carbocycles. The number of ether oxygens (including phenoxy) is 2. The van der Waals surface area contributed by atoms with Crippen molar-refractivity contribution >= 4 is 11.7 Å². The van der Waals surface area contributed by atoms with Crippen molar-refractivity contribution in [2.75, 3.05) is 20.3 Å². The fraction of sp³-hybridized carbons (Fsp3) is 0.263. The van der Waals surface area contributed by atoms with Crippen molar-refractivity contribution in [3.05, 3.63) is 65.5 Å². The van der Waals surface area contributed by atoms with E-state index in [9.17, 15) is 14.0 Å². The Balaban J connectivity index is 1.90. The lowest BCUT2D eigenvalue weighted by molar-refractivity contribution is -0.124. The van der Waals surface area contributed by atoms with E-state index in [2.05, 4.69) is 5.32 Å². The van der Waals surface area contributed by atoms with E-state index in [1.165, 1.54) is 24.3 Å². The summed E-state index contributed by atoms with van der Waals surface area (Å²) >= 11 is 0. The van der Waals surface area contributed by atoms with Crippen LogP contribution in [0.3, 0.4) is 0 Å². The van der Waals surface area contributed by atoms with Gasteiger partial charge >= 0.3 is 0 Å². The third kappa shape index (κ3) is 5.69. The number of halogens is 1. The van der Waals surface area contributed by atoms with Gasteiger partial charge in [-0.2, -0.15) is 0 Å². The van der Waals surface area contributed by atoms with Gasteiger partial charge in [-0.3, -0.25) is 9.59 Å². The average Bonchev–Trinajstić information content (AvgIpc) is 2.60. The number of methoxy groups -OCH3 is 1. The van der Waals surface area contributed by atoms with Gasteiger partial charge in [0.1, 0.15) is 11.6 Å². The molecule has 1 atom stereocenters. The van der Waals surface area contributed by atoms with Crippen molar-refractivity contribution < 1.29 is 23.5 Å². The maximum atomic E-state index is 12.9. The summed E-state index contributed by atoms with van der Waals surface area (Å²) in [5.41, 5.74) is 0.860. The first-order valence-corrected chi connectivity index (χ1v) is 7.81. The van der Waals surface area contributed by atoms with Crippen LogP contribution in [0, 0.1) is 5.82 Å². The van der Waals surface area contributed by atoms with Crippen LogP contribution in [0.2, 0.25) is 0 Å². The van der Waals surface area contributed by atoms with Crippen molar-refractivity contribution in [3.63, 3.8) is 0 Å². The Bertz CT molecular complexity index is 713. The first-order chi connectivity index (χ1) is 12.0. The van der Waals surface area contributed by atoms with Crippen LogP contribution in [0.5, 0.6) is 5.75 Å². The zero-order valence-corrected chi connectivity index (χ0v) is 14.1. The van der Waals surface area contributed by atoms with Crippen LogP contribution in [0.25, 0.3) is 0 Å². The van der Waals surface area contributed by atoms with Gasteiger partial charge in [0, 0.05) is 24.3 Å². The summed E-state index contributed by atoms with van der Waals surface area (Å²) in [4.78, 5) is 24.0. The normalized spacial score (nSPS) is 11.6. The Kier molecular flexibility index (Phi) is 6.65. The highest BCUT2D eigenvalue weighted by Crippen LogP contribution is 2.16. The molecule has 6 heteroatoms. The predicted octanol–water partition coefficient (Wildman–Crippen LogP) is 2.59. The van der Waals surface area contributed by atoms with Gasteiger partial charge < -0.3 is 14.8 Å². The minimum Gasteiger partial charge on any atom is -0.484 e. The fourth-order valence-corrected chi connectivity index (χ4v) is 2.23. The van der Waals surface area contributed by atoms with Crippen LogP contribution < -0.4 is 10.1 Å². The molecule has 2 rings (SSSR count). The SMILES string of the molecule is COC[C@@H](C)NC(=O)COc1ccc(C(=O)c2ccc(F)cc2)cc1. The van der Waals surface area contributed by atoms with Gasteiger partial charge in [0.2, 0.25) is 0 Å². The Morgan fingerprint density at radius 2 is 1.60 bits per heavy atom. The number of ketones is 1. The van der Waals surface area contributed by atoms with Crippen LogP contribution in [0.4, 0.5) is 4.39 Å². The van der Waals surface area contributed by atoms with Gasteiger partial charge in [-0.1, -0.05) is 0 Å². The minimum atomic E-state index is -0.390. The molecule has 0 unspecified atom stereocenters. The standard InChI is InChI=1S/C19H20FNO4/c1-13(11-24-2)21-18(22)12-25-17-9-5-15(6-10-17)19(23)14-3-7-16(20)8-4-14/h3-10,13H,11-12H2,1-2H3,(H,21,22)/t13-/m1/s1. The zero-order valence-electron chi connectivity index (χ0n) is 14.1. The van der Waals surface area contributed by atoms with Crippen molar-refractivity contribution in [1.29, 1.82) is 0 Å². The molecular formula is C19H20FNO4. The molecule has 25 heavy (non-hydrogen) atoms. The van der Waals surface area contributed by atoms with E-state index in [0.717, 1.165) is 0 Å². The summed E-state index contributed by atoms with van der Waals surface area (Å²) < 4.78 is 23.2. The Morgan fingerprint density at radius 1 is 1.04 bits per heavy atom. The predicted molar refractivity (Wildman–Crippen MR) is 91.3 cm³/mol. The number of hydrogen-bond donors (Lipinski definition) is 1. The Hall–Kier alpha value is -2.73.